The fourth-order valence-electron chi connectivity index (χ4n) is 2.08. The molecule has 0 aliphatic heterocycles. The molecule has 0 bridgehead atoms. The van der Waals surface area contributed by atoms with Gasteiger partial charge in [-0.1, -0.05) is 13.8 Å². The summed E-state index contributed by atoms with van der Waals surface area (Å²) >= 11 is 0. The number of nitrogens with one attached hydrogen (secondary N) is 1. The highest BCUT2D eigenvalue weighted by molar-refractivity contribution is 5.61. The van der Waals surface area contributed by atoms with Gasteiger partial charge in [0.25, 0.3) is 0 Å². The molecular formula is C16H29N3O. The number of nitrogen functional groups attached to an aromatic ring is 1. The summed E-state index contributed by atoms with van der Waals surface area (Å²) in [5, 5.41) is 3.43. The SMILES string of the molecule is CCN(CC)CCCNc1ccc(N)c(OC(C)C)c1. The highest BCUT2D eigenvalue weighted by Gasteiger charge is 2.04. The van der Waals surface area contributed by atoms with Gasteiger partial charge in [0.05, 0.1) is 11.8 Å². The monoisotopic (exact) mass is 279 g/mol. The van der Waals surface area contributed by atoms with Gasteiger partial charge in [-0.2, -0.15) is 0 Å². The second-order valence-corrected chi connectivity index (χ2v) is 5.23. The first-order valence-electron chi connectivity index (χ1n) is 7.59. The molecule has 114 valence electrons. The van der Waals surface area contributed by atoms with Gasteiger partial charge in [0, 0.05) is 18.3 Å². The zero-order valence-corrected chi connectivity index (χ0v) is 13.3. The fourth-order valence-corrected chi connectivity index (χ4v) is 2.08. The van der Waals surface area contributed by atoms with Crippen molar-refractivity contribution < 1.29 is 4.74 Å². The summed E-state index contributed by atoms with van der Waals surface area (Å²) in [6.07, 6.45) is 1.27. The standard InChI is InChI=1S/C16H29N3O/c1-5-19(6-2)11-7-10-18-14-8-9-15(17)16(12-14)20-13(3)4/h8-9,12-13,18H,5-7,10-11,17H2,1-4H3. The van der Waals surface area contributed by atoms with Gasteiger partial charge in [-0.15, -0.1) is 0 Å². The average molecular weight is 279 g/mol. The van der Waals surface area contributed by atoms with Crippen molar-refractivity contribution in [2.24, 2.45) is 0 Å². The van der Waals surface area contributed by atoms with Crippen LogP contribution >= 0.6 is 0 Å². The van der Waals surface area contributed by atoms with Gasteiger partial charge in [-0.3, -0.25) is 0 Å². The molecule has 4 nitrogen and oxygen atoms in total. The minimum absolute atomic E-state index is 0.134. The summed E-state index contributed by atoms with van der Waals surface area (Å²) in [4.78, 5) is 2.43. The topological polar surface area (TPSA) is 50.5 Å². The highest BCUT2D eigenvalue weighted by Crippen LogP contribution is 2.26. The van der Waals surface area contributed by atoms with Crippen molar-refractivity contribution >= 4 is 11.4 Å². The normalized spacial score (nSPS) is 11.1. The molecule has 0 heterocycles. The minimum Gasteiger partial charge on any atom is -0.489 e. The van der Waals surface area contributed by atoms with Gasteiger partial charge < -0.3 is 20.7 Å². The van der Waals surface area contributed by atoms with Crippen LogP contribution in [-0.4, -0.2) is 37.2 Å². The average Bonchev–Trinajstić information content (AvgIpc) is 2.42. The van der Waals surface area contributed by atoms with Crippen LogP contribution in [0.15, 0.2) is 18.2 Å². The minimum atomic E-state index is 0.134. The van der Waals surface area contributed by atoms with E-state index in [2.05, 4.69) is 24.1 Å². The third-order valence-electron chi connectivity index (χ3n) is 3.25. The predicted octanol–water partition coefficient (Wildman–Crippen LogP) is 3.20. The molecule has 0 aliphatic rings. The van der Waals surface area contributed by atoms with Crippen LogP contribution in [0.4, 0.5) is 11.4 Å². The number of nitrogens with two attached hydrogens (primary N) is 1. The number of benzene rings is 1. The van der Waals surface area contributed by atoms with E-state index < -0.39 is 0 Å². The van der Waals surface area contributed by atoms with Crippen LogP contribution in [-0.2, 0) is 0 Å². The van der Waals surface area contributed by atoms with Gasteiger partial charge in [-0.05, 0) is 52.0 Å². The van der Waals surface area contributed by atoms with E-state index in [1.165, 1.54) is 0 Å². The van der Waals surface area contributed by atoms with Crippen LogP contribution in [0, 0.1) is 0 Å². The largest absolute Gasteiger partial charge is 0.489 e. The summed E-state index contributed by atoms with van der Waals surface area (Å²) in [6, 6.07) is 5.87. The van der Waals surface area contributed by atoms with Crippen molar-refractivity contribution in [1.82, 2.24) is 4.90 Å². The zero-order valence-electron chi connectivity index (χ0n) is 13.3. The molecule has 0 saturated heterocycles. The van der Waals surface area contributed by atoms with E-state index in [9.17, 15) is 0 Å². The van der Waals surface area contributed by atoms with Crippen molar-refractivity contribution in [2.45, 2.75) is 40.2 Å². The summed E-state index contributed by atoms with van der Waals surface area (Å²) in [6.45, 7) is 12.7. The lowest BCUT2D eigenvalue weighted by molar-refractivity contribution is 0.244. The maximum atomic E-state index is 5.91. The van der Waals surface area contributed by atoms with Crippen molar-refractivity contribution in [1.29, 1.82) is 0 Å². The fraction of sp³-hybridized carbons (Fsp3) is 0.625. The predicted molar refractivity (Wildman–Crippen MR) is 87.5 cm³/mol. The maximum absolute atomic E-state index is 5.91. The van der Waals surface area contributed by atoms with Crippen molar-refractivity contribution in [3.63, 3.8) is 0 Å². The quantitative estimate of drug-likeness (QED) is 0.538. The Labute approximate surface area is 123 Å². The van der Waals surface area contributed by atoms with Crippen molar-refractivity contribution in [3.05, 3.63) is 18.2 Å². The molecule has 0 unspecified atom stereocenters. The molecule has 0 amide bonds. The van der Waals surface area contributed by atoms with Gasteiger partial charge in [0.15, 0.2) is 0 Å². The first-order valence-corrected chi connectivity index (χ1v) is 7.59. The Morgan fingerprint density at radius 2 is 1.95 bits per heavy atom. The molecule has 1 rings (SSSR count). The lowest BCUT2D eigenvalue weighted by Gasteiger charge is -2.18. The van der Waals surface area contributed by atoms with E-state index in [1.807, 2.05) is 32.0 Å². The number of hydrogen-bond acceptors (Lipinski definition) is 4. The Balaban J connectivity index is 2.44. The Bertz CT molecular complexity index is 389. The second-order valence-electron chi connectivity index (χ2n) is 5.23. The molecule has 1 aromatic rings. The molecule has 0 saturated carbocycles. The van der Waals surface area contributed by atoms with Crippen LogP contribution in [0.1, 0.15) is 34.1 Å². The maximum Gasteiger partial charge on any atom is 0.144 e. The summed E-state index contributed by atoms with van der Waals surface area (Å²) < 4.78 is 5.69. The first-order chi connectivity index (χ1) is 9.56. The second kappa shape index (κ2) is 8.69. The van der Waals surface area contributed by atoms with E-state index in [0.29, 0.717) is 5.69 Å². The Hall–Kier alpha value is -1.42. The van der Waals surface area contributed by atoms with Crippen LogP contribution in [0.2, 0.25) is 0 Å². The van der Waals surface area contributed by atoms with Gasteiger partial charge in [0.2, 0.25) is 0 Å². The number of rotatable bonds is 9. The van der Waals surface area contributed by atoms with Gasteiger partial charge in [0.1, 0.15) is 5.75 Å². The molecule has 4 heteroatoms. The van der Waals surface area contributed by atoms with E-state index in [4.69, 9.17) is 10.5 Å². The number of ether oxygens (including phenoxy) is 1. The van der Waals surface area contributed by atoms with Crippen molar-refractivity contribution in [2.75, 3.05) is 37.2 Å². The molecule has 1 aromatic carbocycles. The van der Waals surface area contributed by atoms with Gasteiger partial charge >= 0.3 is 0 Å². The Kier molecular flexibility index (Phi) is 7.23. The summed E-state index contributed by atoms with van der Waals surface area (Å²) in [5.41, 5.74) is 7.66. The van der Waals surface area contributed by atoms with E-state index in [0.717, 1.165) is 44.0 Å². The highest BCUT2D eigenvalue weighted by atomic mass is 16.5. The van der Waals surface area contributed by atoms with Crippen LogP contribution in [0.5, 0.6) is 5.75 Å². The first kappa shape index (κ1) is 16.6. The molecule has 3 N–H and O–H groups in total. The number of nitrogens with zero attached hydrogens (tertiary/aromatic N) is 1. The third kappa shape index (κ3) is 5.70. The van der Waals surface area contributed by atoms with Crippen LogP contribution < -0.4 is 15.8 Å². The Morgan fingerprint density at radius 1 is 1.25 bits per heavy atom. The summed E-state index contributed by atoms with van der Waals surface area (Å²) in [7, 11) is 0. The molecule has 0 aromatic heterocycles. The molecule has 0 aliphatic carbocycles. The molecule has 20 heavy (non-hydrogen) atoms. The lowest BCUT2D eigenvalue weighted by atomic mass is 10.2. The molecule has 0 spiro atoms. The van der Waals surface area contributed by atoms with E-state index in [-0.39, 0.29) is 6.10 Å². The number of hydrogen-bond donors (Lipinski definition) is 2. The molecular weight excluding hydrogens is 250 g/mol. The van der Waals surface area contributed by atoms with Gasteiger partial charge in [-0.25, -0.2) is 0 Å². The molecule has 0 fully saturated rings. The van der Waals surface area contributed by atoms with Crippen LogP contribution in [0.3, 0.4) is 0 Å². The Morgan fingerprint density at radius 3 is 2.55 bits per heavy atom. The molecule has 0 radical (unpaired) electrons. The summed E-state index contributed by atoms with van der Waals surface area (Å²) in [5.74, 6) is 0.758. The van der Waals surface area contributed by atoms with E-state index in [1.54, 1.807) is 0 Å². The molecule has 0 atom stereocenters. The third-order valence-corrected chi connectivity index (χ3v) is 3.25. The van der Waals surface area contributed by atoms with Crippen LogP contribution in [0.25, 0.3) is 0 Å². The van der Waals surface area contributed by atoms with Crippen molar-refractivity contribution in [3.8, 4) is 5.75 Å². The van der Waals surface area contributed by atoms with E-state index >= 15 is 0 Å². The zero-order chi connectivity index (χ0) is 15.0. The number of anilines is 2. The lowest BCUT2D eigenvalue weighted by Crippen LogP contribution is -2.25. The smallest absolute Gasteiger partial charge is 0.144 e.